The highest BCUT2D eigenvalue weighted by Gasteiger charge is 2.27. The number of halogens is 4. The molecule has 0 aromatic heterocycles. The number of aryl methyl sites for hydroxylation is 1. The second-order valence-corrected chi connectivity index (χ2v) is 5.92. The molecule has 6 heteroatoms. The molecule has 0 aliphatic heterocycles. The Bertz CT molecular complexity index is 396. The molecule has 0 bridgehead atoms. The molecule has 0 unspecified atom stereocenters. The topological polar surface area (TPSA) is 9.23 Å². The van der Waals surface area contributed by atoms with Gasteiger partial charge in [0.05, 0.1) is 12.4 Å². The molecular formula is C13H16BrF3OS. The first-order valence-corrected chi connectivity index (χ1v) is 8.02. The van der Waals surface area contributed by atoms with Gasteiger partial charge >= 0.3 is 6.18 Å². The van der Waals surface area contributed by atoms with E-state index in [0.29, 0.717) is 11.5 Å². The zero-order valence-electron chi connectivity index (χ0n) is 10.6. The largest absolute Gasteiger partial charge is 0.493 e. The van der Waals surface area contributed by atoms with Crippen LogP contribution in [0.25, 0.3) is 0 Å². The quantitative estimate of drug-likeness (QED) is 0.377. The molecule has 0 spiro atoms. The third-order valence-corrected chi connectivity index (χ3v) is 3.95. The summed E-state index contributed by atoms with van der Waals surface area (Å²) in [5.41, 5.74) is 0.867. The second kappa shape index (κ2) is 8.04. The van der Waals surface area contributed by atoms with Gasteiger partial charge in [-0.3, -0.25) is 0 Å². The zero-order chi connectivity index (χ0) is 14.3. The molecule has 1 nitrogen and oxygen atoms in total. The SMILES string of the molecule is Cc1cc(SCC(F)(F)F)ccc1OCCCCBr. The van der Waals surface area contributed by atoms with Crippen LogP contribution in [0.5, 0.6) is 5.75 Å². The molecule has 1 rings (SSSR count). The van der Waals surface area contributed by atoms with E-state index in [1.54, 1.807) is 18.2 Å². The van der Waals surface area contributed by atoms with E-state index in [1.165, 1.54) is 0 Å². The van der Waals surface area contributed by atoms with Crippen LogP contribution in [0, 0.1) is 6.92 Å². The zero-order valence-corrected chi connectivity index (χ0v) is 13.0. The molecule has 0 heterocycles. The van der Waals surface area contributed by atoms with Crippen LogP contribution in [0.15, 0.2) is 23.1 Å². The van der Waals surface area contributed by atoms with Gasteiger partial charge in [0.2, 0.25) is 0 Å². The second-order valence-electron chi connectivity index (χ2n) is 4.08. The first-order chi connectivity index (χ1) is 8.92. The van der Waals surface area contributed by atoms with Gasteiger partial charge in [0.25, 0.3) is 0 Å². The number of rotatable bonds is 7. The van der Waals surface area contributed by atoms with Crippen LogP contribution in [-0.2, 0) is 0 Å². The summed E-state index contributed by atoms with van der Waals surface area (Å²) in [6.45, 7) is 2.47. The summed E-state index contributed by atoms with van der Waals surface area (Å²) >= 11 is 4.14. The third kappa shape index (κ3) is 7.11. The molecule has 1 aromatic rings. The van der Waals surface area contributed by atoms with Crippen molar-refractivity contribution in [1.82, 2.24) is 0 Å². The number of benzene rings is 1. The van der Waals surface area contributed by atoms with Crippen molar-refractivity contribution in [2.24, 2.45) is 0 Å². The lowest BCUT2D eigenvalue weighted by Crippen LogP contribution is -2.10. The number of unbranched alkanes of at least 4 members (excludes halogenated alkanes) is 1. The van der Waals surface area contributed by atoms with E-state index < -0.39 is 11.9 Å². The van der Waals surface area contributed by atoms with Crippen molar-refractivity contribution in [2.75, 3.05) is 17.7 Å². The predicted octanol–water partition coefficient (Wildman–Crippen LogP) is 5.20. The van der Waals surface area contributed by atoms with Gasteiger partial charge in [-0.2, -0.15) is 13.2 Å². The van der Waals surface area contributed by atoms with Crippen molar-refractivity contribution < 1.29 is 17.9 Å². The Balaban J connectivity index is 2.49. The van der Waals surface area contributed by atoms with Gasteiger partial charge in [0, 0.05) is 10.2 Å². The molecule has 19 heavy (non-hydrogen) atoms. The predicted molar refractivity (Wildman–Crippen MR) is 76.5 cm³/mol. The van der Waals surface area contributed by atoms with Gasteiger partial charge in [-0.25, -0.2) is 0 Å². The molecule has 108 valence electrons. The van der Waals surface area contributed by atoms with Crippen LogP contribution in [0.2, 0.25) is 0 Å². The molecule has 0 saturated carbocycles. The van der Waals surface area contributed by atoms with E-state index in [9.17, 15) is 13.2 Å². The minimum atomic E-state index is -4.14. The summed E-state index contributed by atoms with van der Waals surface area (Å²) in [6.07, 6.45) is -2.14. The summed E-state index contributed by atoms with van der Waals surface area (Å²) in [5, 5.41) is 0.947. The minimum Gasteiger partial charge on any atom is -0.493 e. The molecule has 0 N–H and O–H groups in total. The fraction of sp³-hybridized carbons (Fsp3) is 0.538. The first-order valence-electron chi connectivity index (χ1n) is 5.91. The fourth-order valence-corrected chi connectivity index (χ4v) is 2.57. The van der Waals surface area contributed by atoms with Crippen LogP contribution in [0.4, 0.5) is 13.2 Å². The van der Waals surface area contributed by atoms with Gasteiger partial charge in [0.1, 0.15) is 5.75 Å². The summed E-state index contributed by atoms with van der Waals surface area (Å²) < 4.78 is 41.9. The maximum atomic E-state index is 12.1. The molecule has 0 atom stereocenters. The summed E-state index contributed by atoms with van der Waals surface area (Å²) in [7, 11) is 0. The van der Waals surface area contributed by atoms with Gasteiger partial charge in [-0.1, -0.05) is 15.9 Å². The molecule has 1 aromatic carbocycles. The summed E-state index contributed by atoms with van der Waals surface area (Å²) in [4.78, 5) is 0.614. The molecule has 0 radical (unpaired) electrons. The van der Waals surface area contributed by atoms with Crippen molar-refractivity contribution in [3.05, 3.63) is 23.8 Å². The van der Waals surface area contributed by atoms with E-state index in [4.69, 9.17) is 4.74 Å². The van der Waals surface area contributed by atoms with Gasteiger partial charge in [-0.15, -0.1) is 11.8 Å². The van der Waals surface area contributed by atoms with Crippen molar-refractivity contribution in [3.8, 4) is 5.75 Å². The van der Waals surface area contributed by atoms with Crippen LogP contribution >= 0.6 is 27.7 Å². The minimum absolute atomic E-state index is 0.614. The lowest BCUT2D eigenvalue weighted by atomic mass is 10.2. The molecule has 0 aliphatic carbocycles. The number of thioether (sulfide) groups is 1. The number of ether oxygens (including phenoxy) is 1. The molecular weight excluding hydrogens is 341 g/mol. The van der Waals surface area contributed by atoms with Crippen LogP contribution in [-0.4, -0.2) is 23.9 Å². The van der Waals surface area contributed by atoms with Crippen LogP contribution in [0.3, 0.4) is 0 Å². The lowest BCUT2D eigenvalue weighted by molar-refractivity contribution is -0.105. The lowest BCUT2D eigenvalue weighted by Gasteiger charge is -2.11. The van der Waals surface area contributed by atoms with E-state index in [-0.39, 0.29) is 0 Å². The van der Waals surface area contributed by atoms with E-state index >= 15 is 0 Å². The Hall–Kier alpha value is -0.360. The normalized spacial score (nSPS) is 11.6. The average molecular weight is 357 g/mol. The third-order valence-electron chi connectivity index (χ3n) is 2.33. The average Bonchev–Trinajstić information content (AvgIpc) is 2.33. The molecule has 0 amide bonds. The van der Waals surface area contributed by atoms with Gasteiger partial charge in [-0.05, 0) is 43.5 Å². The van der Waals surface area contributed by atoms with E-state index in [1.807, 2.05) is 6.92 Å². The summed E-state index contributed by atoms with van der Waals surface area (Å²) in [5.74, 6) is -0.122. The molecule has 0 fully saturated rings. The van der Waals surface area contributed by atoms with Crippen molar-refractivity contribution in [3.63, 3.8) is 0 Å². The summed E-state index contributed by atoms with van der Waals surface area (Å²) in [6, 6.07) is 5.14. The molecule has 0 aliphatic rings. The molecule has 0 saturated heterocycles. The van der Waals surface area contributed by atoms with Crippen molar-refractivity contribution >= 4 is 27.7 Å². The Morgan fingerprint density at radius 3 is 2.58 bits per heavy atom. The Kier molecular flexibility index (Phi) is 7.07. The van der Waals surface area contributed by atoms with E-state index in [2.05, 4.69) is 15.9 Å². The highest BCUT2D eigenvalue weighted by atomic mass is 79.9. The number of hydrogen-bond acceptors (Lipinski definition) is 2. The van der Waals surface area contributed by atoms with Crippen molar-refractivity contribution in [1.29, 1.82) is 0 Å². The van der Waals surface area contributed by atoms with Crippen LogP contribution in [0.1, 0.15) is 18.4 Å². The maximum absolute atomic E-state index is 12.1. The Morgan fingerprint density at radius 1 is 1.26 bits per heavy atom. The first kappa shape index (κ1) is 16.7. The smallest absolute Gasteiger partial charge is 0.398 e. The Morgan fingerprint density at radius 2 is 2.00 bits per heavy atom. The standard InChI is InChI=1S/C13H16BrF3OS/c1-10-8-11(19-9-13(15,16)17)4-5-12(10)18-7-3-2-6-14/h4-5,8H,2-3,6-7,9H2,1H3. The number of hydrogen-bond donors (Lipinski definition) is 0. The maximum Gasteiger partial charge on any atom is 0.398 e. The van der Waals surface area contributed by atoms with Gasteiger partial charge < -0.3 is 4.74 Å². The van der Waals surface area contributed by atoms with Gasteiger partial charge in [0.15, 0.2) is 0 Å². The highest BCUT2D eigenvalue weighted by Crippen LogP contribution is 2.30. The monoisotopic (exact) mass is 356 g/mol. The van der Waals surface area contributed by atoms with Crippen LogP contribution < -0.4 is 4.74 Å². The Labute approximate surface area is 124 Å². The van der Waals surface area contributed by atoms with Crippen molar-refractivity contribution in [2.45, 2.75) is 30.8 Å². The number of alkyl halides is 4. The fourth-order valence-electron chi connectivity index (χ4n) is 1.42. The highest BCUT2D eigenvalue weighted by molar-refractivity contribution is 9.09. The van der Waals surface area contributed by atoms with E-state index in [0.717, 1.165) is 41.2 Å².